The van der Waals surface area contributed by atoms with Crippen molar-refractivity contribution < 1.29 is 8.42 Å². The third-order valence-electron chi connectivity index (χ3n) is 2.47. The summed E-state index contributed by atoms with van der Waals surface area (Å²) in [5.74, 6) is 1.05. The second-order valence-corrected chi connectivity index (χ2v) is 5.84. The van der Waals surface area contributed by atoms with Gasteiger partial charge in [0.1, 0.15) is 17.0 Å². The lowest BCUT2D eigenvalue weighted by atomic mass is 10.4. The van der Waals surface area contributed by atoms with Crippen molar-refractivity contribution in [3.8, 4) is 0 Å². The fraction of sp³-hybridized carbons (Fsp3) is 0.364. The van der Waals surface area contributed by atoms with Crippen LogP contribution in [0.3, 0.4) is 0 Å². The van der Waals surface area contributed by atoms with E-state index in [1.807, 2.05) is 6.92 Å². The summed E-state index contributed by atoms with van der Waals surface area (Å²) >= 11 is 0. The number of hydrogen-bond acceptors (Lipinski definition) is 6. The lowest BCUT2D eigenvalue weighted by Gasteiger charge is -2.06. The van der Waals surface area contributed by atoms with Crippen LogP contribution in [0.1, 0.15) is 12.7 Å². The lowest BCUT2D eigenvalue weighted by molar-refractivity contribution is 0.578. The van der Waals surface area contributed by atoms with E-state index < -0.39 is 10.0 Å². The second-order valence-electron chi connectivity index (χ2n) is 4.07. The van der Waals surface area contributed by atoms with Crippen molar-refractivity contribution in [2.24, 2.45) is 7.05 Å². The fourth-order valence-corrected chi connectivity index (χ4v) is 2.46. The molecule has 0 fully saturated rings. The van der Waals surface area contributed by atoms with Gasteiger partial charge in [-0.2, -0.15) is 5.10 Å². The van der Waals surface area contributed by atoms with Gasteiger partial charge in [0.05, 0.1) is 6.54 Å². The molecule has 0 saturated heterocycles. The van der Waals surface area contributed by atoms with Crippen LogP contribution in [0.25, 0.3) is 0 Å². The monoisotopic (exact) mass is 296 g/mol. The molecule has 0 bridgehead atoms. The average molecular weight is 296 g/mol. The minimum Gasteiger partial charge on any atom is -0.370 e. The Labute approximate surface area is 117 Å². The zero-order valence-electron chi connectivity index (χ0n) is 11.2. The predicted molar refractivity (Wildman–Crippen MR) is 73.4 cm³/mol. The highest BCUT2D eigenvalue weighted by atomic mass is 32.2. The smallest absolute Gasteiger partial charge is 0.242 e. The summed E-state index contributed by atoms with van der Waals surface area (Å²) in [6, 6.07) is 3.12. The van der Waals surface area contributed by atoms with Crippen molar-refractivity contribution in [3.63, 3.8) is 0 Å². The molecule has 2 rings (SSSR count). The van der Waals surface area contributed by atoms with Crippen LogP contribution >= 0.6 is 0 Å². The van der Waals surface area contributed by atoms with E-state index in [1.54, 1.807) is 13.1 Å². The van der Waals surface area contributed by atoms with Gasteiger partial charge in [-0.15, -0.1) is 0 Å². The van der Waals surface area contributed by atoms with E-state index in [1.165, 1.54) is 23.3 Å². The molecule has 0 spiro atoms. The highest BCUT2D eigenvalue weighted by Crippen LogP contribution is 2.10. The molecule has 0 atom stereocenters. The van der Waals surface area contributed by atoms with Crippen molar-refractivity contribution >= 4 is 15.8 Å². The summed E-state index contributed by atoms with van der Waals surface area (Å²) in [5, 5.41) is 7.00. The van der Waals surface area contributed by atoms with Crippen molar-refractivity contribution in [1.82, 2.24) is 24.5 Å². The number of pyridine rings is 1. The Hall–Kier alpha value is -2.00. The first-order valence-electron chi connectivity index (χ1n) is 6.05. The van der Waals surface area contributed by atoms with E-state index in [-0.39, 0.29) is 11.4 Å². The van der Waals surface area contributed by atoms with Crippen LogP contribution in [-0.2, 0) is 23.6 Å². The highest BCUT2D eigenvalue weighted by Gasteiger charge is 2.15. The molecular formula is C11H16N6O2S. The molecule has 0 aliphatic heterocycles. The minimum absolute atomic E-state index is 0.0398. The number of sulfonamides is 1. The van der Waals surface area contributed by atoms with Gasteiger partial charge in [0.15, 0.2) is 5.82 Å². The molecule has 0 aromatic carbocycles. The van der Waals surface area contributed by atoms with Crippen LogP contribution in [0.4, 0.5) is 5.82 Å². The van der Waals surface area contributed by atoms with Gasteiger partial charge in [-0.25, -0.2) is 23.1 Å². The number of nitrogens with one attached hydrogen (secondary N) is 2. The van der Waals surface area contributed by atoms with E-state index >= 15 is 0 Å². The molecule has 8 nitrogen and oxygen atoms in total. The van der Waals surface area contributed by atoms with E-state index in [0.29, 0.717) is 11.6 Å². The fourth-order valence-electron chi connectivity index (χ4n) is 1.53. The molecule has 0 amide bonds. The Morgan fingerprint density at radius 3 is 2.65 bits per heavy atom. The summed E-state index contributed by atoms with van der Waals surface area (Å²) in [5.41, 5.74) is 0. The number of aryl methyl sites for hydroxylation is 1. The van der Waals surface area contributed by atoms with Crippen LogP contribution in [-0.4, -0.2) is 34.7 Å². The molecule has 2 aromatic heterocycles. The highest BCUT2D eigenvalue weighted by molar-refractivity contribution is 7.89. The first kappa shape index (κ1) is 14.4. The van der Waals surface area contributed by atoms with Crippen LogP contribution in [0.5, 0.6) is 0 Å². The first-order valence-corrected chi connectivity index (χ1v) is 7.53. The summed E-state index contributed by atoms with van der Waals surface area (Å²) in [7, 11) is -1.89. The molecular weight excluding hydrogens is 280 g/mol. The summed E-state index contributed by atoms with van der Waals surface area (Å²) in [4.78, 5) is 8.08. The Balaban J connectivity index is 2.05. The normalized spacial score (nSPS) is 11.5. The molecule has 9 heteroatoms. The molecule has 108 valence electrons. The number of hydrogen-bond donors (Lipinski definition) is 2. The molecule has 0 radical (unpaired) electrons. The maximum atomic E-state index is 12.0. The van der Waals surface area contributed by atoms with Crippen LogP contribution in [0, 0.1) is 0 Å². The molecule has 2 heterocycles. The Morgan fingerprint density at radius 1 is 1.30 bits per heavy atom. The summed E-state index contributed by atoms with van der Waals surface area (Å²) in [6.45, 7) is 2.70. The van der Waals surface area contributed by atoms with Crippen LogP contribution in [0.2, 0.25) is 0 Å². The van der Waals surface area contributed by atoms with E-state index in [0.717, 1.165) is 6.54 Å². The van der Waals surface area contributed by atoms with Gasteiger partial charge in [-0.3, -0.25) is 4.68 Å². The van der Waals surface area contributed by atoms with Crippen molar-refractivity contribution in [2.45, 2.75) is 18.4 Å². The van der Waals surface area contributed by atoms with Gasteiger partial charge < -0.3 is 5.32 Å². The van der Waals surface area contributed by atoms with E-state index in [2.05, 4.69) is 25.1 Å². The van der Waals surface area contributed by atoms with Crippen LogP contribution in [0.15, 0.2) is 29.6 Å². The SMILES string of the molecule is CCNc1ccc(S(=O)(=O)NCc2ncn(C)n2)cn1. The van der Waals surface area contributed by atoms with E-state index in [9.17, 15) is 8.42 Å². The van der Waals surface area contributed by atoms with Gasteiger partial charge in [0.2, 0.25) is 10.0 Å². The third kappa shape index (κ3) is 3.52. The number of anilines is 1. The molecule has 2 N–H and O–H groups in total. The Bertz CT molecular complexity index is 664. The Kier molecular flexibility index (Phi) is 4.30. The average Bonchev–Trinajstić information content (AvgIpc) is 2.84. The Morgan fingerprint density at radius 2 is 2.10 bits per heavy atom. The van der Waals surface area contributed by atoms with Gasteiger partial charge in [0, 0.05) is 19.8 Å². The van der Waals surface area contributed by atoms with Gasteiger partial charge in [-0.1, -0.05) is 0 Å². The zero-order chi connectivity index (χ0) is 14.6. The van der Waals surface area contributed by atoms with Gasteiger partial charge in [-0.05, 0) is 19.1 Å². The van der Waals surface area contributed by atoms with Crippen LogP contribution < -0.4 is 10.0 Å². The number of aromatic nitrogens is 4. The molecule has 0 aliphatic rings. The maximum Gasteiger partial charge on any atom is 0.242 e. The lowest BCUT2D eigenvalue weighted by Crippen LogP contribution is -2.24. The van der Waals surface area contributed by atoms with Gasteiger partial charge >= 0.3 is 0 Å². The number of rotatable bonds is 6. The molecule has 0 unspecified atom stereocenters. The topological polar surface area (TPSA) is 102 Å². The first-order chi connectivity index (χ1) is 9.51. The standard InChI is InChI=1S/C11H16N6O2S/c1-3-12-10-5-4-9(6-13-10)20(18,19)15-7-11-14-8-17(2)16-11/h4-6,8,15H,3,7H2,1-2H3,(H,12,13). The predicted octanol–water partition coefficient (Wildman–Crippen LogP) is 0.120. The molecule has 20 heavy (non-hydrogen) atoms. The minimum atomic E-state index is -3.61. The largest absolute Gasteiger partial charge is 0.370 e. The van der Waals surface area contributed by atoms with Crippen molar-refractivity contribution in [2.75, 3.05) is 11.9 Å². The number of nitrogens with zero attached hydrogens (tertiary/aromatic N) is 4. The van der Waals surface area contributed by atoms with E-state index in [4.69, 9.17) is 0 Å². The zero-order valence-corrected chi connectivity index (χ0v) is 12.1. The van der Waals surface area contributed by atoms with Crippen molar-refractivity contribution in [3.05, 3.63) is 30.5 Å². The maximum absolute atomic E-state index is 12.0. The molecule has 0 saturated carbocycles. The summed E-state index contributed by atoms with van der Waals surface area (Å²) in [6.07, 6.45) is 2.82. The molecule has 0 aliphatic carbocycles. The van der Waals surface area contributed by atoms with Gasteiger partial charge in [0.25, 0.3) is 0 Å². The van der Waals surface area contributed by atoms with Crippen molar-refractivity contribution in [1.29, 1.82) is 0 Å². The molecule has 2 aromatic rings. The second kappa shape index (κ2) is 5.97. The quantitative estimate of drug-likeness (QED) is 0.785. The summed E-state index contributed by atoms with van der Waals surface area (Å²) < 4.78 is 28.0. The third-order valence-corrected chi connectivity index (χ3v) is 3.86.